The molecule has 1 N–H and O–H groups in total. The van der Waals surface area contributed by atoms with Crippen LogP contribution >= 0.6 is 0 Å². The van der Waals surface area contributed by atoms with Gasteiger partial charge in [0.25, 0.3) is 0 Å². The van der Waals surface area contributed by atoms with Gasteiger partial charge in [0.2, 0.25) is 0 Å². The number of esters is 1. The van der Waals surface area contributed by atoms with Gasteiger partial charge in [0.1, 0.15) is 12.4 Å². The first-order valence-corrected chi connectivity index (χ1v) is 18.6. The second kappa shape index (κ2) is 34.5. The van der Waals surface area contributed by atoms with E-state index in [2.05, 4.69) is 18.7 Å². The van der Waals surface area contributed by atoms with Crippen LogP contribution in [0.5, 0.6) is 0 Å². The summed E-state index contributed by atoms with van der Waals surface area (Å²) in [5.74, 6) is 0.0204. The summed E-state index contributed by atoms with van der Waals surface area (Å²) in [6.45, 7) is 7.67. The van der Waals surface area contributed by atoms with Gasteiger partial charge < -0.3 is 19.5 Å². The van der Waals surface area contributed by atoms with Crippen molar-refractivity contribution in [2.24, 2.45) is 0 Å². The molecule has 0 rings (SSSR count). The lowest BCUT2D eigenvalue weighted by molar-refractivity contribution is -0.150. The predicted octanol–water partition coefficient (Wildman–Crippen LogP) is 10.4. The molecule has 0 aromatic heterocycles. The highest BCUT2D eigenvalue weighted by Gasteiger charge is 2.14. The smallest absolute Gasteiger partial charge is 0.306 e. The predicted molar refractivity (Wildman–Crippen MR) is 180 cm³/mol. The standard InChI is InChI=1S/C37H73NO4/c1-3-5-7-9-16-22-28-36(29-23-17-10-8-6-4-2)42-37(41)30-24-18-15-20-26-32-38(33-35-40)31-25-19-13-11-12-14-21-27-34-39/h34,36,40H,3-33,35H2,1-2H3. The normalized spacial score (nSPS) is 11.5. The quantitative estimate of drug-likeness (QED) is 0.0448. The molecule has 0 aliphatic rings. The van der Waals surface area contributed by atoms with E-state index in [0.717, 1.165) is 58.0 Å². The van der Waals surface area contributed by atoms with Gasteiger partial charge in [-0.1, -0.05) is 129 Å². The van der Waals surface area contributed by atoms with Gasteiger partial charge >= 0.3 is 5.97 Å². The zero-order valence-electron chi connectivity index (χ0n) is 28.4. The lowest BCUT2D eigenvalue weighted by Gasteiger charge is -2.21. The fourth-order valence-electron chi connectivity index (χ4n) is 5.87. The molecule has 0 radical (unpaired) electrons. The van der Waals surface area contributed by atoms with Crippen molar-refractivity contribution in [1.82, 2.24) is 4.90 Å². The van der Waals surface area contributed by atoms with Gasteiger partial charge in [-0.25, -0.2) is 0 Å². The monoisotopic (exact) mass is 596 g/mol. The van der Waals surface area contributed by atoms with Crippen molar-refractivity contribution in [3.8, 4) is 0 Å². The number of rotatable bonds is 35. The van der Waals surface area contributed by atoms with Crippen LogP contribution < -0.4 is 0 Å². The van der Waals surface area contributed by atoms with Crippen LogP contribution in [0.1, 0.15) is 194 Å². The topological polar surface area (TPSA) is 66.8 Å². The zero-order chi connectivity index (χ0) is 30.8. The molecular formula is C37H73NO4. The minimum atomic E-state index is 0.0204. The molecule has 5 nitrogen and oxygen atoms in total. The molecule has 0 heterocycles. The van der Waals surface area contributed by atoms with Crippen LogP contribution in [0, 0.1) is 0 Å². The lowest BCUT2D eigenvalue weighted by Crippen LogP contribution is -2.29. The Bertz CT molecular complexity index is 540. The summed E-state index contributed by atoms with van der Waals surface area (Å²) in [5, 5.41) is 9.44. The minimum absolute atomic E-state index is 0.0204. The summed E-state index contributed by atoms with van der Waals surface area (Å²) in [7, 11) is 0. The number of unbranched alkanes of at least 4 members (excludes halogenated alkanes) is 21. The molecule has 250 valence electrons. The molecule has 42 heavy (non-hydrogen) atoms. The number of hydrogen-bond acceptors (Lipinski definition) is 5. The Labute approximate surface area is 262 Å². The molecule has 5 heteroatoms. The molecule has 0 unspecified atom stereocenters. The molecule has 0 spiro atoms. The average Bonchev–Trinajstić information content (AvgIpc) is 2.99. The molecule has 0 aromatic carbocycles. The number of hydrogen-bond donors (Lipinski definition) is 1. The van der Waals surface area contributed by atoms with E-state index in [1.165, 1.54) is 135 Å². The van der Waals surface area contributed by atoms with Gasteiger partial charge in [-0.15, -0.1) is 0 Å². The summed E-state index contributed by atoms with van der Waals surface area (Å²) in [4.78, 5) is 25.4. The molecular weight excluding hydrogens is 522 g/mol. The molecule has 0 amide bonds. The zero-order valence-corrected chi connectivity index (χ0v) is 28.4. The number of aliphatic hydroxyl groups excluding tert-OH is 1. The fourth-order valence-corrected chi connectivity index (χ4v) is 5.87. The van der Waals surface area contributed by atoms with Crippen LogP contribution in [-0.2, 0) is 14.3 Å². The SMILES string of the molecule is CCCCCCCCC(CCCCCCCC)OC(=O)CCCCCCCN(CCO)CCCCCCCCCC=O. The maximum absolute atomic E-state index is 12.6. The molecule has 0 aromatic rings. The fraction of sp³-hybridized carbons (Fsp3) is 0.946. The van der Waals surface area contributed by atoms with Crippen LogP contribution in [0.3, 0.4) is 0 Å². The molecule has 0 bridgehead atoms. The van der Waals surface area contributed by atoms with E-state index in [1.807, 2.05) is 0 Å². The van der Waals surface area contributed by atoms with E-state index in [-0.39, 0.29) is 18.7 Å². The Balaban J connectivity index is 4.01. The molecule has 0 aliphatic heterocycles. The van der Waals surface area contributed by atoms with Crippen LogP contribution in [0.15, 0.2) is 0 Å². The van der Waals surface area contributed by atoms with Gasteiger partial charge in [-0.2, -0.15) is 0 Å². The third-order valence-corrected chi connectivity index (χ3v) is 8.63. The minimum Gasteiger partial charge on any atom is -0.462 e. The Kier molecular flexibility index (Phi) is 33.8. The van der Waals surface area contributed by atoms with Gasteiger partial charge in [0.05, 0.1) is 6.61 Å². The Morgan fingerprint density at radius 3 is 1.50 bits per heavy atom. The number of ether oxygens (including phenoxy) is 1. The van der Waals surface area contributed by atoms with E-state index < -0.39 is 0 Å². The lowest BCUT2D eigenvalue weighted by atomic mass is 10.0. The van der Waals surface area contributed by atoms with Crippen molar-refractivity contribution in [2.75, 3.05) is 26.2 Å². The highest BCUT2D eigenvalue weighted by molar-refractivity contribution is 5.69. The van der Waals surface area contributed by atoms with Crippen LogP contribution in [0.4, 0.5) is 0 Å². The van der Waals surface area contributed by atoms with Crippen LogP contribution in [-0.4, -0.2) is 54.6 Å². The highest BCUT2D eigenvalue weighted by atomic mass is 16.5. The van der Waals surface area contributed by atoms with E-state index in [1.54, 1.807) is 0 Å². The van der Waals surface area contributed by atoms with Gasteiger partial charge in [-0.3, -0.25) is 4.79 Å². The van der Waals surface area contributed by atoms with Crippen molar-refractivity contribution in [2.45, 2.75) is 200 Å². The van der Waals surface area contributed by atoms with Crippen molar-refractivity contribution >= 4 is 12.3 Å². The van der Waals surface area contributed by atoms with E-state index in [9.17, 15) is 14.7 Å². The second-order valence-electron chi connectivity index (χ2n) is 12.7. The number of aldehydes is 1. The molecule has 0 atom stereocenters. The molecule has 0 saturated heterocycles. The summed E-state index contributed by atoms with van der Waals surface area (Å²) in [6.07, 6.45) is 34.0. The summed E-state index contributed by atoms with van der Waals surface area (Å²) in [5.41, 5.74) is 0. The van der Waals surface area contributed by atoms with E-state index >= 15 is 0 Å². The highest BCUT2D eigenvalue weighted by Crippen LogP contribution is 2.18. The average molecular weight is 596 g/mol. The van der Waals surface area contributed by atoms with Crippen LogP contribution in [0.2, 0.25) is 0 Å². The third kappa shape index (κ3) is 30.5. The number of nitrogens with zero attached hydrogens (tertiary/aromatic N) is 1. The molecule has 0 aliphatic carbocycles. The Morgan fingerprint density at radius 1 is 0.595 bits per heavy atom. The van der Waals surface area contributed by atoms with Gasteiger partial charge in [-0.05, 0) is 64.5 Å². The second-order valence-corrected chi connectivity index (χ2v) is 12.7. The summed E-state index contributed by atoms with van der Waals surface area (Å²) in [6, 6.07) is 0. The van der Waals surface area contributed by atoms with E-state index in [0.29, 0.717) is 12.8 Å². The number of carbonyl (C=O) groups excluding carboxylic acids is 2. The first-order valence-electron chi connectivity index (χ1n) is 18.6. The third-order valence-electron chi connectivity index (χ3n) is 8.63. The molecule has 0 saturated carbocycles. The van der Waals surface area contributed by atoms with E-state index in [4.69, 9.17) is 4.74 Å². The van der Waals surface area contributed by atoms with Gasteiger partial charge in [0, 0.05) is 19.4 Å². The Morgan fingerprint density at radius 2 is 1.02 bits per heavy atom. The number of carbonyl (C=O) groups is 2. The van der Waals surface area contributed by atoms with Crippen molar-refractivity contribution in [3.05, 3.63) is 0 Å². The summed E-state index contributed by atoms with van der Waals surface area (Å²) >= 11 is 0. The first-order chi connectivity index (χ1) is 20.7. The maximum Gasteiger partial charge on any atom is 0.306 e. The first kappa shape index (κ1) is 41.1. The summed E-state index contributed by atoms with van der Waals surface area (Å²) < 4.78 is 5.99. The van der Waals surface area contributed by atoms with Crippen molar-refractivity contribution < 1.29 is 19.4 Å². The van der Waals surface area contributed by atoms with Crippen molar-refractivity contribution in [1.29, 1.82) is 0 Å². The van der Waals surface area contributed by atoms with Crippen LogP contribution in [0.25, 0.3) is 0 Å². The van der Waals surface area contributed by atoms with Crippen molar-refractivity contribution in [3.63, 3.8) is 0 Å². The number of aliphatic hydroxyl groups is 1. The largest absolute Gasteiger partial charge is 0.462 e. The molecule has 0 fully saturated rings. The van der Waals surface area contributed by atoms with Gasteiger partial charge in [0.15, 0.2) is 0 Å². The maximum atomic E-state index is 12.6. The Hall–Kier alpha value is -0.940.